The molecule has 25 heavy (non-hydrogen) atoms. The zero-order valence-electron chi connectivity index (χ0n) is 14.1. The van der Waals surface area contributed by atoms with Crippen LogP contribution in [-0.2, 0) is 10.1 Å². The Hall–Kier alpha value is -1.43. The molecule has 0 amide bonds. The van der Waals surface area contributed by atoms with E-state index in [2.05, 4.69) is 9.97 Å². The smallest absolute Gasteiger partial charge is 0.746 e. The molecule has 0 aliphatic rings. The molecule has 0 aliphatic heterocycles. The van der Waals surface area contributed by atoms with Crippen molar-refractivity contribution in [3.8, 4) is 23.5 Å². The van der Waals surface area contributed by atoms with Crippen molar-refractivity contribution >= 4 is 10.1 Å². The number of ether oxygens (including phenoxy) is 3. The van der Waals surface area contributed by atoms with E-state index in [4.69, 9.17) is 14.2 Å². The third-order valence-electron chi connectivity index (χ3n) is 3.08. The van der Waals surface area contributed by atoms with E-state index in [1.807, 2.05) is 0 Å². The first-order valence-electron chi connectivity index (χ1n) is 6.63. The van der Waals surface area contributed by atoms with Gasteiger partial charge in [0.05, 0.1) is 20.3 Å². The number of aromatic nitrogens is 2. The average molecular weight is 378 g/mol. The van der Waals surface area contributed by atoms with Gasteiger partial charge in [-0.3, -0.25) is 0 Å². The fourth-order valence-corrected chi connectivity index (χ4v) is 2.53. The standard InChI is InChI=1S/C14H16N2O7S.Na/c1-8-5-4-6-9(12(8)13(17)24(18,19)20)23-14-15-10(21-2)7-11(16-14)22-3;/h4-7,13,17H,1-3H3,(H,18,19,20);/q;+1/p-1. The number of benzene rings is 1. The van der Waals surface area contributed by atoms with Gasteiger partial charge in [-0.1, -0.05) is 12.1 Å². The van der Waals surface area contributed by atoms with Crippen molar-refractivity contribution in [3.63, 3.8) is 0 Å². The van der Waals surface area contributed by atoms with Gasteiger partial charge in [0.2, 0.25) is 11.8 Å². The first kappa shape index (κ1) is 21.6. The molecule has 0 aliphatic carbocycles. The predicted octanol–water partition coefficient (Wildman–Crippen LogP) is -1.87. The second kappa shape index (κ2) is 8.79. The van der Waals surface area contributed by atoms with Gasteiger partial charge in [0.1, 0.15) is 15.9 Å². The Labute approximate surface area is 167 Å². The van der Waals surface area contributed by atoms with Gasteiger partial charge < -0.3 is 23.9 Å². The Morgan fingerprint density at radius 1 is 1.16 bits per heavy atom. The molecule has 1 aromatic carbocycles. The fraction of sp³-hybridized carbons (Fsp3) is 0.286. The Morgan fingerprint density at radius 3 is 2.20 bits per heavy atom. The third kappa shape index (κ3) is 5.27. The molecule has 1 N–H and O–H groups in total. The Balaban J connectivity index is 0.00000312. The van der Waals surface area contributed by atoms with E-state index in [-0.39, 0.29) is 58.6 Å². The maximum atomic E-state index is 11.2. The molecule has 130 valence electrons. The second-order valence-electron chi connectivity index (χ2n) is 4.67. The zero-order valence-corrected chi connectivity index (χ0v) is 16.9. The molecule has 1 aromatic heterocycles. The summed E-state index contributed by atoms with van der Waals surface area (Å²) in [5.41, 5.74) is -2.10. The molecular weight excluding hydrogens is 363 g/mol. The van der Waals surface area contributed by atoms with Gasteiger partial charge in [-0.15, -0.1) is 0 Å². The number of aliphatic hydroxyl groups excluding tert-OH is 1. The predicted molar refractivity (Wildman–Crippen MR) is 81.0 cm³/mol. The summed E-state index contributed by atoms with van der Waals surface area (Å²) in [6.45, 7) is 1.53. The van der Waals surface area contributed by atoms with Gasteiger partial charge in [-0.05, 0) is 18.6 Å². The van der Waals surface area contributed by atoms with Crippen molar-refractivity contribution in [1.82, 2.24) is 9.97 Å². The topological polar surface area (TPSA) is 131 Å². The Kier molecular flexibility index (Phi) is 7.60. The summed E-state index contributed by atoms with van der Waals surface area (Å²) in [6.07, 6.45) is 0. The quantitative estimate of drug-likeness (QED) is 0.454. The number of hydrogen-bond acceptors (Lipinski definition) is 9. The maximum Gasteiger partial charge on any atom is 1.00 e. The Bertz CT molecular complexity index is 823. The molecule has 0 saturated carbocycles. The van der Waals surface area contributed by atoms with Gasteiger partial charge in [-0.25, -0.2) is 8.42 Å². The van der Waals surface area contributed by atoms with Gasteiger partial charge in [0.25, 0.3) is 0 Å². The molecule has 9 nitrogen and oxygen atoms in total. The minimum Gasteiger partial charge on any atom is -0.746 e. The summed E-state index contributed by atoms with van der Waals surface area (Å²) in [5.74, 6) is 0.239. The first-order chi connectivity index (χ1) is 11.3. The summed E-state index contributed by atoms with van der Waals surface area (Å²) < 4.78 is 48.9. The number of methoxy groups -OCH3 is 2. The average Bonchev–Trinajstić information content (AvgIpc) is 2.53. The molecule has 11 heteroatoms. The van der Waals surface area contributed by atoms with Gasteiger partial charge in [-0.2, -0.15) is 9.97 Å². The van der Waals surface area contributed by atoms with Crippen molar-refractivity contribution in [2.45, 2.75) is 12.4 Å². The Morgan fingerprint density at radius 2 is 1.72 bits per heavy atom. The van der Waals surface area contributed by atoms with E-state index in [0.29, 0.717) is 5.56 Å². The minimum atomic E-state index is -4.98. The minimum absolute atomic E-state index is 0. The molecule has 0 bridgehead atoms. The molecule has 2 aromatic rings. The van der Waals surface area contributed by atoms with Crippen LogP contribution in [0.15, 0.2) is 24.3 Å². The summed E-state index contributed by atoms with van der Waals surface area (Å²) in [4.78, 5) is 7.89. The maximum absolute atomic E-state index is 11.2. The van der Waals surface area contributed by atoms with E-state index < -0.39 is 15.6 Å². The number of aryl methyl sites for hydroxylation is 1. The summed E-state index contributed by atoms with van der Waals surface area (Å²) in [5, 5.41) is 9.83. The van der Waals surface area contributed by atoms with Crippen LogP contribution in [0.1, 0.15) is 16.6 Å². The number of nitrogens with zero attached hydrogens (tertiary/aromatic N) is 2. The number of hydrogen-bond donors (Lipinski definition) is 1. The van der Waals surface area contributed by atoms with Gasteiger partial charge in [0, 0.05) is 5.56 Å². The SMILES string of the molecule is COc1cc(OC)nc(Oc2cccc(C)c2C(O)S(=O)(=O)[O-])n1.[Na+]. The van der Waals surface area contributed by atoms with Crippen LogP contribution in [0.25, 0.3) is 0 Å². The molecule has 0 saturated heterocycles. The number of aliphatic hydroxyl groups is 1. The van der Waals surface area contributed by atoms with Crippen LogP contribution >= 0.6 is 0 Å². The molecule has 2 rings (SSSR count). The van der Waals surface area contributed by atoms with Gasteiger partial charge >= 0.3 is 35.6 Å². The monoisotopic (exact) mass is 378 g/mol. The third-order valence-corrected chi connectivity index (χ3v) is 3.87. The summed E-state index contributed by atoms with van der Waals surface area (Å²) in [6, 6.07) is 5.69. The number of rotatable bonds is 6. The fourth-order valence-electron chi connectivity index (χ4n) is 1.94. The molecule has 0 spiro atoms. The second-order valence-corrected chi connectivity index (χ2v) is 6.10. The molecule has 1 heterocycles. The summed E-state index contributed by atoms with van der Waals surface area (Å²) >= 11 is 0. The van der Waals surface area contributed by atoms with E-state index in [9.17, 15) is 18.1 Å². The first-order valence-corrected chi connectivity index (χ1v) is 8.10. The van der Waals surface area contributed by atoms with E-state index in [1.54, 1.807) is 6.07 Å². The van der Waals surface area contributed by atoms with Crippen LogP contribution in [0.2, 0.25) is 0 Å². The molecule has 1 atom stereocenters. The summed E-state index contributed by atoms with van der Waals surface area (Å²) in [7, 11) is -2.21. The van der Waals surface area contributed by atoms with Crippen LogP contribution in [0.4, 0.5) is 0 Å². The van der Waals surface area contributed by atoms with E-state index in [1.165, 1.54) is 39.3 Å². The van der Waals surface area contributed by atoms with Crippen LogP contribution in [0.3, 0.4) is 0 Å². The van der Waals surface area contributed by atoms with E-state index >= 15 is 0 Å². The van der Waals surface area contributed by atoms with Crippen molar-refractivity contribution in [3.05, 3.63) is 35.4 Å². The van der Waals surface area contributed by atoms with Crippen molar-refractivity contribution in [2.75, 3.05) is 14.2 Å². The molecule has 0 fully saturated rings. The van der Waals surface area contributed by atoms with Crippen molar-refractivity contribution in [1.29, 1.82) is 0 Å². The van der Waals surface area contributed by atoms with Crippen LogP contribution in [0, 0.1) is 6.92 Å². The molecule has 1 unspecified atom stereocenters. The van der Waals surface area contributed by atoms with Gasteiger partial charge in [0.15, 0.2) is 5.44 Å². The van der Waals surface area contributed by atoms with Crippen molar-refractivity contribution in [2.24, 2.45) is 0 Å². The largest absolute Gasteiger partial charge is 1.00 e. The van der Waals surface area contributed by atoms with Crippen molar-refractivity contribution < 1.29 is 61.8 Å². The molecular formula is C14H15N2NaO7S. The molecule has 0 radical (unpaired) electrons. The van der Waals surface area contributed by atoms with Crippen LogP contribution in [0.5, 0.6) is 23.5 Å². The van der Waals surface area contributed by atoms with E-state index in [0.717, 1.165) is 0 Å². The van der Waals surface area contributed by atoms with Crippen LogP contribution < -0.4 is 43.8 Å². The van der Waals surface area contributed by atoms with Crippen LogP contribution in [-0.4, -0.2) is 42.3 Å². The zero-order chi connectivity index (χ0) is 17.9. The normalized spacial score (nSPS) is 12.0.